The van der Waals surface area contributed by atoms with Crippen molar-refractivity contribution in [3.8, 4) is 0 Å². The van der Waals surface area contributed by atoms with Gasteiger partial charge in [0.1, 0.15) is 31.3 Å². The summed E-state index contributed by atoms with van der Waals surface area (Å²) in [7, 11) is 1.31. The summed E-state index contributed by atoms with van der Waals surface area (Å²) in [6.45, 7) is 8.39. The molecular weight excluding hydrogens is 846 g/mol. The molecule has 12 nitrogen and oxygen atoms in total. The first-order valence-electron chi connectivity index (χ1n) is 24.9. The summed E-state index contributed by atoms with van der Waals surface area (Å²) in [4.78, 5) is 35.6. The number of phosphoric acid groups is 1. The van der Waals surface area contributed by atoms with E-state index in [0.29, 0.717) is 36.7 Å². The molecule has 374 valence electrons. The summed E-state index contributed by atoms with van der Waals surface area (Å²) in [5.41, 5.74) is 2.67. The number of aryl methyl sites for hydroxylation is 2. The molecule has 0 saturated carbocycles. The lowest BCUT2D eigenvalue weighted by atomic mass is 10.0. The number of carbonyl (C=O) groups is 2. The summed E-state index contributed by atoms with van der Waals surface area (Å²) in [6.07, 6.45) is 34.8. The molecule has 0 aliphatic heterocycles. The second-order valence-electron chi connectivity index (χ2n) is 18.5. The zero-order valence-corrected chi connectivity index (χ0v) is 42.5. The maximum Gasteiger partial charge on any atom is 0.472 e. The third kappa shape index (κ3) is 34.2. The number of nitrogens with zero attached hydrogens (tertiary/aromatic N) is 1. The predicted molar refractivity (Wildman–Crippen MR) is 263 cm³/mol. The van der Waals surface area contributed by atoms with E-state index in [1.165, 1.54) is 74.0 Å². The highest BCUT2D eigenvalue weighted by atomic mass is 31.2. The average Bonchev–Trinajstić information content (AvgIpc) is 3.51. The Morgan fingerprint density at radius 2 is 1.14 bits per heavy atom. The van der Waals surface area contributed by atoms with Crippen molar-refractivity contribution in [1.29, 1.82) is 0 Å². The Labute approximate surface area is 394 Å². The summed E-state index contributed by atoms with van der Waals surface area (Å²) < 4.78 is 40.5. The van der Waals surface area contributed by atoms with Gasteiger partial charge in [-0.15, -0.1) is 0 Å². The molecule has 1 heterocycles. The molecule has 1 unspecified atom stereocenters. The lowest BCUT2D eigenvalue weighted by Crippen LogP contribution is -2.37. The number of aliphatic hydroxyl groups is 2. The van der Waals surface area contributed by atoms with Crippen LogP contribution < -0.4 is 0 Å². The third-order valence-electron chi connectivity index (χ3n) is 11.3. The highest BCUT2D eigenvalue weighted by Crippen LogP contribution is 2.43. The van der Waals surface area contributed by atoms with Crippen molar-refractivity contribution < 1.29 is 56.7 Å². The molecule has 65 heavy (non-hydrogen) atoms. The number of carbonyl (C=O) groups excluding carboxylic acids is 2. The largest absolute Gasteiger partial charge is 0.472 e. The maximum absolute atomic E-state index is 12.8. The van der Waals surface area contributed by atoms with Crippen molar-refractivity contribution in [3.63, 3.8) is 0 Å². The molecule has 0 fully saturated rings. The molecule has 0 saturated heterocycles. The Hall–Kier alpha value is -2.83. The van der Waals surface area contributed by atoms with Crippen LogP contribution in [0.4, 0.5) is 0 Å². The van der Waals surface area contributed by atoms with E-state index < -0.39 is 44.7 Å². The minimum absolute atomic E-state index is 0.0150. The van der Waals surface area contributed by atoms with E-state index in [1.54, 1.807) is 18.2 Å². The topological polar surface area (TPSA) is 162 Å². The molecule has 0 bridgehead atoms. The van der Waals surface area contributed by atoms with Crippen molar-refractivity contribution in [2.75, 3.05) is 47.5 Å². The minimum Gasteiger partial charge on any atom is -0.466 e. The Morgan fingerprint density at radius 3 is 1.69 bits per heavy atom. The van der Waals surface area contributed by atoms with Crippen LogP contribution in [0.2, 0.25) is 0 Å². The van der Waals surface area contributed by atoms with Crippen LogP contribution >= 0.6 is 7.82 Å². The fourth-order valence-electron chi connectivity index (χ4n) is 6.99. The van der Waals surface area contributed by atoms with E-state index in [2.05, 4.69) is 27.7 Å². The first-order valence-corrected chi connectivity index (χ1v) is 26.4. The van der Waals surface area contributed by atoms with Gasteiger partial charge in [-0.2, -0.15) is 0 Å². The second-order valence-corrected chi connectivity index (χ2v) is 19.9. The number of esters is 2. The van der Waals surface area contributed by atoms with Gasteiger partial charge in [0.25, 0.3) is 0 Å². The van der Waals surface area contributed by atoms with Crippen molar-refractivity contribution in [3.05, 3.63) is 71.3 Å². The highest BCUT2D eigenvalue weighted by molar-refractivity contribution is 7.47. The van der Waals surface area contributed by atoms with Crippen molar-refractivity contribution in [1.82, 2.24) is 0 Å². The number of unbranched alkanes of at least 4 members (excludes halogenated alkanes) is 13. The molecule has 0 radical (unpaired) electrons. The second kappa shape index (κ2) is 37.2. The van der Waals surface area contributed by atoms with Gasteiger partial charge in [-0.1, -0.05) is 146 Å². The fraction of sp³-hybridized carbons (Fsp3) is 0.731. The van der Waals surface area contributed by atoms with Gasteiger partial charge in [0, 0.05) is 25.7 Å². The van der Waals surface area contributed by atoms with Gasteiger partial charge in [0.15, 0.2) is 6.10 Å². The number of quaternary nitrogens is 1. The lowest BCUT2D eigenvalue weighted by Gasteiger charge is -2.24. The monoisotopic (exact) mass is 937 g/mol. The molecule has 0 spiro atoms. The van der Waals surface area contributed by atoms with Gasteiger partial charge < -0.3 is 33.5 Å². The van der Waals surface area contributed by atoms with Crippen LogP contribution in [0.15, 0.2) is 53.0 Å². The smallest absolute Gasteiger partial charge is 0.466 e. The van der Waals surface area contributed by atoms with Gasteiger partial charge >= 0.3 is 19.8 Å². The van der Waals surface area contributed by atoms with E-state index in [9.17, 15) is 29.3 Å². The fourth-order valence-corrected chi connectivity index (χ4v) is 7.74. The molecule has 1 aromatic rings. The molecule has 1 rings (SSSR count). The third-order valence-corrected chi connectivity index (χ3v) is 12.3. The molecule has 3 N–H and O–H groups in total. The number of ether oxygens (including phenoxy) is 2. The quantitative estimate of drug-likeness (QED) is 0.0188. The van der Waals surface area contributed by atoms with E-state index in [4.69, 9.17) is 22.9 Å². The number of rotatable bonds is 41. The van der Waals surface area contributed by atoms with Gasteiger partial charge in [-0.25, -0.2) is 4.57 Å². The van der Waals surface area contributed by atoms with E-state index in [0.717, 1.165) is 64.2 Å². The van der Waals surface area contributed by atoms with Crippen molar-refractivity contribution in [2.45, 2.75) is 200 Å². The first-order chi connectivity index (χ1) is 31.1. The Bertz CT molecular complexity index is 1560. The van der Waals surface area contributed by atoms with Crippen LogP contribution in [0.1, 0.15) is 178 Å². The standard InChI is InChI=1S/C52H90NO11P/c1-8-10-25-32-46(54)33-27-21-17-16-18-22-28-34-47(55)35-31-39-52(57)63-48(43-62-65(58,59)61-41-40-53(5,6)7)42-60-51(56)38-30-24-20-15-13-12-14-19-23-29-37-50-45(4)44(3)49(64-50)36-26-11-9-2/h17-18,21-22,27-28,33-34,46-48,54-55H,8-16,19-20,23-26,29-32,35-43H2,1-7H3/p+1/b21-17-,22-18-,33-27+,34-28+/t46-,47-,48-/m1/s1. The summed E-state index contributed by atoms with van der Waals surface area (Å²) in [6, 6.07) is 0. The number of furan rings is 1. The Kier molecular flexibility index (Phi) is 34.4. The molecule has 0 aromatic carbocycles. The van der Waals surface area contributed by atoms with Crippen LogP contribution in [-0.2, 0) is 45.5 Å². The van der Waals surface area contributed by atoms with E-state index >= 15 is 0 Å². The van der Waals surface area contributed by atoms with Gasteiger partial charge in [-0.3, -0.25) is 18.6 Å². The van der Waals surface area contributed by atoms with Crippen LogP contribution in [0, 0.1) is 13.8 Å². The number of hydrogen-bond acceptors (Lipinski definition) is 10. The van der Waals surface area contributed by atoms with Crippen LogP contribution in [-0.4, -0.2) is 97.3 Å². The SMILES string of the molecule is CCCCCc1oc(CCCCCCCCCCCCC(=O)OC[C@H](COP(=O)(O)OCC[N+](C)(C)C)OC(=O)CCC[C@H](O)/C=C/C=C\C/C=C\C=C\[C@H](O)CCCCC)c(C)c1C. The van der Waals surface area contributed by atoms with Crippen LogP contribution in [0.25, 0.3) is 0 Å². The van der Waals surface area contributed by atoms with E-state index in [1.807, 2.05) is 51.5 Å². The summed E-state index contributed by atoms with van der Waals surface area (Å²) in [5.74, 6) is 1.31. The first kappa shape index (κ1) is 60.2. The number of allylic oxidation sites excluding steroid dienone is 6. The molecular formula is C52H91NO11P+. The molecule has 0 aliphatic carbocycles. The van der Waals surface area contributed by atoms with Gasteiger partial charge in [0.05, 0.1) is 40.0 Å². The maximum atomic E-state index is 12.8. The number of likely N-dealkylation sites (N-methyl/N-ethyl adjacent to an activating group) is 1. The normalized spacial score (nSPS) is 14.8. The van der Waals surface area contributed by atoms with Crippen molar-refractivity contribution >= 4 is 19.8 Å². The Morgan fingerprint density at radius 1 is 0.646 bits per heavy atom. The molecule has 0 aliphatic rings. The average molecular weight is 937 g/mol. The van der Waals surface area contributed by atoms with Gasteiger partial charge in [-0.05, 0) is 69.9 Å². The van der Waals surface area contributed by atoms with E-state index in [-0.39, 0.29) is 26.1 Å². The number of phosphoric ester groups is 1. The highest BCUT2D eigenvalue weighted by Gasteiger charge is 2.27. The lowest BCUT2D eigenvalue weighted by molar-refractivity contribution is -0.870. The molecule has 13 heteroatoms. The molecule has 4 atom stereocenters. The number of aliphatic hydroxyl groups excluding tert-OH is 2. The number of hydrogen-bond donors (Lipinski definition) is 3. The summed E-state index contributed by atoms with van der Waals surface area (Å²) in [5, 5.41) is 20.3. The van der Waals surface area contributed by atoms with Crippen molar-refractivity contribution in [2.24, 2.45) is 0 Å². The zero-order chi connectivity index (χ0) is 48.2. The molecule has 0 amide bonds. The predicted octanol–water partition coefficient (Wildman–Crippen LogP) is 11.8. The Balaban J connectivity index is 2.39. The zero-order valence-electron chi connectivity index (χ0n) is 41.7. The van der Waals surface area contributed by atoms with Crippen LogP contribution in [0.5, 0.6) is 0 Å². The summed E-state index contributed by atoms with van der Waals surface area (Å²) >= 11 is 0. The van der Waals surface area contributed by atoms with Crippen LogP contribution in [0.3, 0.4) is 0 Å². The molecule has 1 aromatic heterocycles. The van der Waals surface area contributed by atoms with Gasteiger partial charge in [0.2, 0.25) is 0 Å². The minimum atomic E-state index is -4.46.